The number of aromatic nitrogens is 1. The van der Waals surface area contributed by atoms with E-state index in [-0.39, 0.29) is 0 Å². The first kappa shape index (κ1) is 4.82. The molecule has 26 heavy (non-hydrogen) atoms. The summed E-state index contributed by atoms with van der Waals surface area (Å²) in [6, 6.07) is -5.39. The lowest BCUT2D eigenvalue weighted by Gasteiger charge is -2.57. The molecule has 0 N–H and O–H groups in total. The summed E-state index contributed by atoms with van der Waals surface area (Å²) < 4.78 is 210. The summed E-state index contributed by atoms with van der Waals surface area (Å²) in [6.45, 7) is -7.99. The molecule has 1 aromatic heterocycles. The number of hydrogen-bond donors (Lipinski definition) is 0. The summed E-state index contributed by atoms with van der Waals surface area (Å²) in [5, 5.41) is 0. The second-order valence-electron chi connectivity index (χ2n) is 6.56. The third-order valence-electron chi connectivity index (χ3n) is 5.25. The van der Waals surface area contributed by atoms with Crippen LogP contribution in [0.2, 0.25) is 0 Å². The highest BCUT2D eigenvalue weighted by Crippen LogP contribution is 2.66. The highest BCUT2D eigenvalue weighted by Gasteiger charge is 2.57. The van der Waals surface area contributed by atoms with Gasteiger partial charge in [0.15, 0.2) is 5.78 Å². The maximum absolute atomic E-state index is 13.2. The van der Waals surface area contributed by atoms with E-state index in [1.54, 1.807) is 0 Å². The van der Waals surface area contributed by atoms with Crippen LogP contribution in [0.4, 0.5) is 0 Å². The Balaban J connectivity index is 2.07. The fourth-order valence-corrected chi connectivity index (χ4v) is 3.94. The predicted molar refractivity (Wildman–Crippen MR) is 104 cm³/mol. The summed E-state index contributed by atoms with van der Waals surface area (Å²) in [6.07, 6.45) is -26.9. The van der Waals surface area contributed by atoms with Crippen molar-refractivity contribution >= 4 is 11.4 Å². The van der Waals surface area contributed by atoms with E-state index in [1.807, 2.05) is 0 Å². The minimum absolute atomic E-state index is 0.964. The monoisotopic (exact) mass is 371 g/mol. The smallest absolute Gasteiger partial charge is 0.155 e. The molecular weight excluding hydrogens is 318 g/mol. The molecule has 2 fully saturated rings. The van der Waals surface area contributed by atoms with Crippen molar-refractivity contribution in [2.24, 2.45) is 28.6 Å². The molecule has 1 aromatic rings. The minimum Gasteiger partial charge on any atom is -0.295 e. The van der Waals surface area contributed by atoms with Crippen molar-refractivity contribution < 1.29 is 37.7 Å². The molecule has 136 valence electrons. The van der Waals surface area contributed by atoms with Crippen LogP contribution in [-0.4, -0.2) is 10.8 Å². The molecule has 0 aliphatic heterocycles. The van der Waals surface area contributed by atoms with Crippen LogP contribution in [0.15, 0.2) is 42.1 Å². The highest BCUT2D eigenvalue weighted by molar-refractivity contribution is 5.91. The normalized spacial score (nSPS) is 68.5. The number of nitrogens with zero attached hydrogens (tertiary/aromatic N) is 1. The van der Waals surface area contributed by atoms with Gasteiger partial charge in [-0.25, -0.2) is 0 Å². The molecule has 1 heterocycles. The lowest BCUT2D eigenvalue weighted by Crippen LogP contribution is -2.49. The molecular formula is C24H29NO. The van der Waals surface area contributed by atoms with E-state index >= 15 is 0 Å². The number of pyridine rings is 1. The number of allylic oxidation sites excluding steroid dienone is 4. The van der Waals surface area contributed by atoms with Crippen LogP contribution >= 0.6 is 0 Å². The maximum atomic E-state index is 13.2. The average molecular weight is 372 g/mol. The molecule has 5 atom stereocenters. The largest absolute Gasteiger partial charge is 0.295 e. The molecule has 5 rings (SSSR count). The summed E-state index contributed by atoms with van der Waals surface area (Å²) in [5.41, 5.74) is -11.4. The summed E-state index contributed by atoms with van der Waals surface area (Å²) >= 11 is 0. The number of rotatable bonds is 1. The van der Waals surface area contributed by atoms with E-state index in [2.05, 4.69) is 4.98 Å². The molecule has 0 saturated heterocycles. The molecule has 0 bridgehead atoms. The zero-order chi connectivity index (χ0) is 38.9. The third-order valence-corrected chi connectivity index (χ3v) is 5.25. The Morgan fingerprint density at radius 3 is 3.08 bits per heavy atom. The van der Waals surface area contributed by atoms with Crippen LogP contribution in [0.3, 0.4) is 0 Å². The Morgan fingerprint density at radius 1 is 1.27 bits per heavy atom. The van der Waals surface area contributed by atoms with Gasteiger partial charge in [0, 0.05) is 43.4 Å². The van der Waals surface area contributed by atoms with Crippen molar-refractivity contribution in [2.45, 2.75) is 58.4 Å². The van der Waals surface area contributed by atoms with E-state index < -0.39 is 146 Å². The van der Waals surface area contributed by atoms with Gasteiger partial charge in [-0.1, -0.05) is 31.4 Å². The molecule has 0 radical (unpaired) electrons. The molecule has 2 saturated carbocycles. The Bertz CT molecular complexity index is 1780. The zero-order valence-corrected chi connectivity index (χ0v) is 13.3. The summed E-state index contributed by atoms with van der Waals surface area (Å²) in [5.74, 6) is -10.4. The van der Waals surface area contributed by atoms with Gasteiger partial charge in [-0.05, 0) is 90.1 Å². The number of carbonyl (C=O) groups is 1. The fourth-order valence-electron chi connectivity index (χ4n) is 3.94. The first-order chi connectivity index (χ1) is 22.1. The Hall–Kier alpha value is -1.70. The van der Waals surface area contributed by atoms with Gasteiger partial charge >= 0.3 is 0 Å². The van der Waals surface area contributed by atoms with E-state index in [1.165, 1.54) is 0 Å². The van der Waals surface area contributed by atoms with E-state index in [0.29, 0.717) is 0 Å². The zero-order valence-electron chi connectivity index (χ0n) is 37.3. The van der Waals surface area contributed by atoms with Crippen molar-refractivity contribution in [1.82, 2.24) is 4.98 Å². The van der Waals surface area contributed by atoms with Crippen LogP contribution in [-0.2, 0) is 4.79 Å². The van der Waals surface area contributed by atoms with Crippen LogP contribution < -0.4 is 0 Å². The van der Waals surface area contributed by atoms with Gasteiger partial charge in [0.05, 0.1) is 8.22 Å². The number of fused-ring (bicyclic) bond motifs is 5. The SMILES string of the molecule is [2H]C1=C2C([2H])([2H])C([2H])([2H])C3C(CC([2H])([2H])[C@]4(C([2H])([2H])[2H])C(c5c([2H])nc([2H])c([2H])c5[2H])=C([2H])C([2H])([2H])C34)[C@@]2(C([2H])([2H])[2H])C([2H])([2H])C([2H])([2H])C1=O. The Labute approximate surface area is 190 Å². The molecule has 0 aromatic carbocycles. The quantitative estimate of drug-likeness (QED) is 0.642. The van der Waals surface area contributed by atoms with Gasteiger partial charge in [0.1, 0.15) is 0 Å². The Morgan fingerprint density at radius 2 is 2.19 bits per heavy atom. The van der Waals surface area contributed by atoms with Crippen molar-refractivity contribution in [2.75, 3.05) is 0 Å². The van der Waals surface area contributed by atoms with Gasteiger partial charge in [0.2, 0.25) is 0 Å². The number of hydrogen-bond acceptors (Lipinski definition) is 2. The fraction of sp³-hybridized carbons (Fsp3) is 0.583. The minimum atomic E-state index is -4.12. The summed E-state index contributed by atoms with van der Waals surface area (Å²) in [7, 11) is 0. The van der Waals surface area contributed by atoms with Gasteiger partial charge in [-0.3, -0.25) is 9.78 Å². The molecule has 4 aliphatic rings. The third kappa shape index (κ3) is 2.17. The van der Waals surface area contributed by atoms with Gasteiger partial charge in [-0.2, -0.15) is 0 Å². The topological polar surface area (TPSA) is 30.0 Å². The molecule has 0 amide bonds. The standard InChI is InChI=1S/C24H29NO/c1-23-11-9-18(26)14-17(23)5-6-19-21-8-7-20(16-4-3-13-25-15-16)24(21,2)12-10-22(19)23/h3-4,7,13-15,19,21-22H,5-6,8-12H2,1-2H3/t19?,21?,22?,23-,24+/m0/s1/i1D3,2D3,3D,4D,5D2,6D2,7D,8D2,9D2,11D2,12D2,13D,14D,15D. The highest BCUT2D eigenvalue weighted by atomic mass is 16.1. The van der Waals surface area contributed by atoms with Crippen molar-refractivity contribution in [3.63, 3.8) is 0 Å². The van der Waals surface area contributed by atoms with E-state index in [9.17, 15) is 7.54 Å². The predicted octanol–water partition coefficient (Wildman–Crippen LogP) is 5.61. The van der Waals surface area contributed by atoms with E-state index in [0.717, 1.165) is 0 Å². The van der Waals surface area contributed by atoms with Gasteiger partial charge in [-0.15, -0.1) is 0 Å². The molecule has 0 spiro atoms. The number of carbonyl (C=O) groups excluding carboxylic acids is 1. The van der Waals surface area contributed by atoms with Crippen LogP contribution in [0, 0.1) is 28.6 Å². The maximum Gasteiger partial charge on any atom is 0.155 e. The van der Waals surface area contributed by atoms with Gasteiger partial charge in [0.25, 0.3) is 0 Å². The van der Waals surface area contributed by atoms with Gasteiger partial charge < -0.3 is 0 Å². The van der Waals surface area contributed by atoms with Crippen LogP contribution in [0.5, 0.6) is 0 Å². The second-order valence-corrected chi connectivity index (χ2v) is 6.56. The molecule has 3 unspecified atom stereocenters. The van der Waals surface area contributed by atoms with Crippen molar-refractivity contribution in [1.29, 1.82) is 0 Å². The van der Waals surface area contributed by atoms with Crippen LogP contribution in [0.1, 0.15) is 96.8 Å². The second kappa shape index (κ2) is 5.65. The molecule has 2 heteroatoms. The average Bonchev–Trinajstić information content (AvgIpc) is 3.10. The van der Waals surface area contributed by atoms with Crippen molar-refractivity contribution in [3.05, 3.63) is 47.7 Å². The lowest BCUT2D eigenvalue weighted by molar-refractivity contribution is -0.117. The first-order valence-corrected chi connectivity index (χ1v) is 7.98. The van der Waals surface area contributed by atoms with E-state index in [4.69, 9.17) is 30.2 Å². The summed E-state index contributed by atoms with van der Waals surface area (Å²) in [4.78, 5) is 16.6. The molecule has 2 nitrogen and oxygen atoms in total. The van der Waals surface area contributed by atoms with Crippen LogP contribution in [0.25, 0.3) is 5.57 Å². The Kier molecular flexibility index (Phi) is 1.05. The first-order valence-electron chi connectivity index (χ1n) is 20.0. The van der Waals surface area contributed by atoms with Crippen molar-refractivity contribution in [3.8, 4) is 0 Å². The molecule has 4 aliphatic carbocycles. The lowest BCUT2D eigenvalue weighted by atomic mass is 9.46. The number of ketones is 1.